The molecule has 1 aromatic heterocycles. The number of nitrogens with zero attached hydrogens (tertiary/aromatic N) is 1. The first kappa shape index (κ1) is 14.2. The van der Waals surface area contributed by atoms with Crippen LogP contribution < -0.4 is 5.73 Å². The summed E-state index contributed by atoms with van der Waals surface area (Å²) in [5.41, 5.74) is 6.37. The van der Waals surface area contributed by atoms with E-state index in [0.29, 0.717) is 5.69 Å². The lowest BCUT2D eigenvalue weighted by atomic mass is 9.84. The normalized spacial score (nSPS) is 13.1. The molecule has 86 valence electrons. The first-order valence-electron chi connectivity index (χ1n) is 4.75. The molecule has 0 saturated carbocycles. The highest BCUT2D eigenvalue weighted by Gasteiger charge is 2.29. The Hall–Kier alpha value is -0.800. The molecule has 15 heavy (non-hydrogen) atoms. The van der Waals surface area contributed by atoms with Crippen LogP contribution in [0.4, 0.5) is 0 Å². The van der Waals surface area contributed by atoms with E-state index in [2.05, 4.69) is 0 Å². The molecule has 3 nitrogen and oxygen atoms in total. The van der Waals surface area contributed by atoms with Gasteiger partial charge in [-0.25, -0.2) is 0 Å². The number of Topliss-reactive ketones (excluding diaryl/α,β-unsaturated/α-hetero) is 1. The molecule has 0 radical (unpaired) electrons. The molecule has 2 N–H and O–H groups in total. The van der Waals surface area contributed by atoms with Crippen molar-refractivity contribution < 1.29 is 4.79 Å². The van der Waals surface area contributed by atoms with Crippen LogP contribution in [0.1, 0.15) is 31.3 Å². The van der Waals surface area contributed by atoms with Crippen molar-refractivity contribution in [2.75, 3.05) is 0 Å². The lowest BCUT2D eigenvalue weighted by Crippen LogP contribution is -2.42. The maximum Gasteiger partial charge on any atom is 0.196 e. The monoisotopic (exact) mass is 230 g/mol. The second-order valence-electron chi connectivity index (χ2n) is 4.71. The summed E-state index contributed by atoms with van der Waals surface area (Å²) in [6.45, 7) is 5.91. The average Bonchev–Trinajstić information content (AvgIpc) is 2.47. The summed E-state index contributed by atoms with van der Waals surface area (Å²) in [5, 5.41) is 0. The predicted octanol–water partition coefficient (Wildman–Crippen LogP) is 2.00. The van der Waals surface area contributed by atoms with E-state index in [1.807, 2.05) is 40.1 Å². The zero-order valence-corrected chi connectivity index (χ0v) is 10.5. The first-order valence-corrected chi connectivity index (χ1v) is 4.75. The molecule has 1 aromatic rings. The van der Waals surface area contributed by atoms with Gasteiger partial charge in [0.25, 0.3) is 0 Å². The lowest BCUT2D eigenvalue weighted by Gasteiger charge is -2.25. The molecular weight excluding hydrogens is 212 g/mol. The minimum atomic E-state index is -0.448. The van der Waals surface area contributed by atoms with Crippen LogP contribution in [0.25, 0.3) is 0 Å². The number of carbonyl (C=O) groups is 1. The fourth-order valence-corrected chi connectivity index (χ4v) is 1.27. The largest absolute Gasteiger partial charge is 0.348 e. The van der Waals surface area contributed by atoms with E-state index < -0.39 is 6.04 Å². The summed E-state index contributed by atoms with van der Waals surface area (Å²) in [5.74, 6) is 0.00463. The fourth-order valence-electron chi connectivity index (χ4n) is 1.27. The second-order valence-corrected chi connectivity index (χ2v) is 4.71. The third-order valence-electron chi connectivity index (χ3n) is 2.41. The summed E-state index contributed by atoms with van der Waals surface area (Å²) < 4.78 is 1.80. The molecule has 0 aliphatic rings. The Morgan fingerprint density at radius 2 is 2.00 bits per heavy atom. The highest BCUT2D eigenvalue weighted by molar-refractivity contribution is 5.99. The van der Waals surface area contributed by atoms with E-state index in [0.717, 1.165) is 0 Å². The fraction of sp³-hybridized carbons (Fsp3) is 0.545. The standard InChI is InChI=1S/C11H18N2O.ClH/c1-11(2,3)10(12)9(14)8-6-5-7-13(8)4;/h5-7,10H,12H2,1-4H3;1H. The Labute approximate surface area is 97.1 Å². The van der Waals surface area contributed by atoms with Crippen LogP contribution in [-0.4, -0.2) is 16.4 Å². The second kappa shape index (κ2) is 4.81. The van der Waals surface area contributed by atoms with Crippen molar-refractivity contribution in [3.8, 4) is 0 Å². The number of hydrogen-bond acceptors (Lipinski definition) is 2. The van der Waals surface area contributed by atoms with Crippen molar-refractivity contribution in [1.82, 2.24) is 4.57 Å². The van der Waals surface area contributed by atoms with Gasteiger partial charge in [0, 0.05) is 13.2 Å². The van der Waals surface area contributed by atoms with Gasteiger partial charge < -0.3 is 10.3 Å². The van der Waals surface area contributed by atoms with E-state index in [1.54, 1.807) is 10.6 Å². The number of aryl methyl sites for hydroxylation is 1. The van der Waals surface area contributed by atoms with Gasteiger partial charge in [-0.05, 0) is 17.5 Å². The van der Waals surface area contributed by atoms with Crippen molar-refractivity contribution in [2.45, 2.75) is 26.8 Å². The van der Waals surface area contributed by atoms with Gasteiger partial charge in [-0.1, -0.05) is 20.8 Å². The van der Waals surface area contributed by atoms with Gasteiger partial charge in [-0.2, -0.15) is 0 Å². The molecule has 1 rings (SSSR count). The number of nitrogens with two attached hydrogens (primary N) is 1. The van der Waals surface area contributed by atoms with Crippen LogP contribution in [0, 0.1) is 5.41 Å². The highest BCUT2D eigenvalue weighted by atomic mass is 35.5. The van der Waals surface area contributed by atoms with Crippen LogP contribution in [0.3, 0.4) is 0 Å². The molecule has 0 saturated heterocycles. The van der Waals surface area contributed by atoms with E-state index in [4.69, 9.17) is 5.73 Å². The molecule has 0 amide bonds. The number of rotatable bonds is 2. The topological polar surface area (TPSA) is 48.0 Å². The van der Waals surface area contributed by atoms with Gasteiger partial charge in [-0.15, -0.1) is 12.4 Å². The van der Waals surface area contributed by atoms with E-state index in [9.17, 15) is 4.79 Å². The molecule has 0 aromatic carbocycles. The molecular formula is C11H19ClN2O. The van der Waals surface area contributed by atoms with Gasteiger partial charge in [-0.3, -0.25) is 4.79 Å². The van der Waals surface area contributed by atoms with Gasteiger partial charge in [0.2, 0.25) is 0 Å². The molecule has 0 fully saturated rings. The van der Waals surface area contributed by atoms with Crippen molar-refractivity contribution in [1.29, 1.82) is 0 Å². The Bertz CT molecular complexity index is 339. The summed E-state index contributed by atoms with van der Waals surface area (Å²) in [6, 6.07) is 3.20. The molecule has 0 aliphatic carbocycles. The Morgan fingerprint density at radius 3 is 2.33 bits per heavy atom. The van der Waals surface area contributed by atoms with Crippen LogP contribution in [0.2, 0.25) is 0 Å². The lowest BCUT2D eigenvalue weighted by molar-refractivity contribution is 0.0893. The zero-order valence-electron chi connectivity index (χ0n) is 9.65. The molecule has 4 heteroatoms. The Kier molecular flexibility index (Phi) is 4.56. The maximum atomic E-state index is 11.9. The van der Waals surface area contributed by atoms with Gasteiger partial charge >= 0.3 is 0 Å². The molecule has 0 bridgehead atoms. The molecule has 0 aliphatic heterocycles. The summed E-state index contributed by atoms with van der Waals surface area (Å²) in [6.07, 6.45) is 1.85. The summed E-state index contributed by atoms with van der Waals surface area (Å²) in [7, 11) is 1.85. The van der Waals surface area contributed by atoms with Gasteiger partial charge in [0.1, 0.15) is 0 Å². The van der Waals surface area contributed by atoms with Crippen molar-refractivity contribution in [2.24, 2.45) is 18.2 Å². The van der Waals surface area contributed by atoms with Crippen molar-refractivity contribution in [3.63, 3.8) is 0 Å². The molecule has 0 spiro atoms. The van der Waals surface area contributed by atoms with E-state index >= 15 is 0 Å². The van der Waals surface area contributed by atoms with Gasteiger partial charge in [0.05, 0.1) is 11.7 Å². The van der Waals surface area contributed by atoms with Crippen LogP contribution in [0.5, 0.6) is 0 Å². The van der Waals surface area contributed by atoms with E-state index in [1.165, 1.54) is 0 Å². The zero-order chi connectivity index (χ0) is 10.9. The predicted molar refractivity (Wildman–Crippen MR) is 64.4 cm³/mol. The Balaban J connectivity index is 0.00000196. The number of halogens is 1. The summed E-state index contributed by atoms with van der Waals surface area (Å²) >= 11 is 0. The van der Waals surface area contributed by atoms with Crippen LogP contribution >= 0.6 is 12.4 Å². The minimum absolute atomic E-state index is 0. The van der Waals surface area contributed by atoms with Crippen LogP contribution in [-0.2, 0) is 7.05 Å². The molecule has 1 heterocycles. The van der Waals surface area contributed by atoms with Crippen molar-refractivity contribution >= 4 is 18.2 Å². The number of ketones is 1. The van der Waals surface area contributed by atoms with E-state index in [-0.39, 0.29) is 23.6 Å². The third kappa shape index (κ3) is 3.08. The molecule has 1 atom stereocenters. The smallest absolute Gasteiger partial charge is 0.196 e. The number of aromatic nitrogens is 1. The number of carbonyl (C=O) groups excluding carboxylic acids is 1. The quantitative estimate of drug-likeness (QED) is 0.791. The van der Waals surface area contributed by atoms with Gasteiger partial charge in [0.15, 0.2) is 5.78 Å². The molecule has 1 unspecified atom stereocenters. The number of hydrogen-bond donors (Lipinski definition) is 1. The summed E-state index contributed by atoms with van der Waals surface area (Å²) in [4.78, 5) is 11.9. The highest BCUT2D eigenvalue weighted by Crippen LogP contribution is 2.20. The maximum absolute atomic E-state index is 11.9. The van der Waals surface area contributed by atoms with Crippen molar-refractivity contribution in [3.05, 3.63) is 24.0 Å². The minimum Gasteiger partial charge on any atom is -0.348 e. The van der Waals surface area contributed by atoms with Crippen LogP contribution in [0.15, 0.2) is 18.3 Å². The Morgan fingerprint density at radius 1 is 1.47 bits per heavy atom. The SMILES string of the molecule is Cl.Cn1cccc1C(=O)C(N)C(C)(C)C. The first-order chi connectivity index (χ1) is 6.34. The average molecular weight is 231 g/mol. The third-order valence-corrected chi connectivity index (χ3v) is 2.41.